The Morgan fingerprint density at radius 3 is 2.74 bits per heavy atom. The van der Waals surface area contributed by atoms with E-state index < -0.39 is 0 Å². The summed E-state index contributed by atoms with van der Waals surface area (Å²) < 4.78 is 11.1. The SMILES string of the molecule is COCC[C@@]1(CO)CCCN(CCOc2ccc(C)c(C)c2)C1. The molecule has 0 aromatic heterocycles. The van der Waals surface area contributed by atoms with Gasteiger partial charge in [0.05, 0.1) is 6.61 Å². The predicted molar refractivity (Wildman–Crippen MR) is 93.1 cm³/mol. The zero-order valence-electron chi connectivity index (χ0n) is 14.8. The lowest BCUT2D eigenvalue weighted by atomic mass is 9.78. The third kappa shape index (κ3) is 5.20. The first-order chi connectivity index (χ1) is 11.1. The van der Waals surface area contributed by atoms with Gasteiger partial charge in [0.2, 0.25) is 0 Å². The maximum Gasteiger partial charge on any atom is 0.119 e. The molecule has 1 aliphatic heterocycles. The fourth-order valence-electron chi connectivity index (χ4n) is 3.33. The van der Waals surface area contributed by atoms with Gasteiger partial charge >= 0.3 is 0 Å². The van der Waals surface area contributed by atoms with Crippen molar-refractivity contribution in [2.75, 3.05) is 46.6 Å². The first-order valence-electron chi connectivity index (χ1n) is 8.61. The highest BCUT2D eigenvalue weighted by molar-refractivity contribution is 5.33. The number of hydrogen-bond donors (Lipinski definition) is 1. The van der Waals surface area contributed by atoms with Crippen LogP contribution in [0, 0.1) is 19.3 Å². The van der Waals surface area contributed by atoms with Crippen molar-refractivity contribution >= 4 is 0 Å². The van der Waals surface area contributed by atoms with Crippen molar-refractivity contribution in [2.24, 2.45) is 5.41 Å². The van der Waals surface area contributed by atoms with Crippen LogP contribution in [0.25, 0.3) is 0 Å². The molecule has 1 heterocycles. The van der Waals surface area contributed by atoms with Gasteiger partial charge in [-0.25, -0.2) is 0 Å². The number of aliphatic hydroxyl groups is 1. The summed E-state index contributed by atoms with van der Waals surface area (Å²) in [4.78, 5) is 2.41. The quantitative estimate of drug-likeness (QED) is 0.799. The lowest BCUT2D eigenvalue weighted by molar-refractivity contribution is 0.00401. The number of ether oxygens (including phenoxy) is 2. The number of methoxy groups -OCH3 is 1. The zero-order chi connectivity index (χ0) is 16.7. The van der Waals surface area contributed by atoms with Crippen LogP contribution in [0.4, 0.5) is 0 Å². The van der Waals surface area contributed by atoms with E-state index in [9.17, 15) is 5.11 Å². The third-order valence-corrected chi connectivity index (χ3v) is 5.07. The molecule has 0 aliphatic carbocycles. The van der Waals surface area contributed by atoms with Crippen LogP contribution in [0.5, 0.6) is 5.75 Å². The van der Waals surface area contributed by atoms with Gasteiger partial charge in [0.1, 0.15) is 12.4 Å². The molecule has 1 fully saturated rings. The zero-order valence-corrected chi connectivity index (χ0v) is 14.8. The Morgan fingerprint density at radius 2 is 2.04 bits per heavy atom. The maximum atomic E-state index is 9.83. The van der Waals surface area contributed by atoms with Crippen molar-refractivity contribution in [3.8, 4) is 5.75 Å². The van der Waals surface area contributed by atoms with Crippen LogP contribution in [0.15, 0.2) is 18.2 Å². The van der Waals surface area contributed by atoms with Crippen LogP contribution in [0.2, 0.25) is 0 Å². The fourth-order valence-corrected chi connectivity index (χ4v) is 3.33. The number of nitrogens with zero attached hydrogens (tertiary/aromatic N) is 1. The molecule has 0 bridgehead atoms. The summed E-state index contributed by atoms with van der Waals surface area (Å²) in [5.41, 5.74) is 2.55. The van der Waals surface area contributed by atoms with Crippen molar-refractivity contribution in [3.63, 3.8) is 0 Å². The third-order valence-electron chi connectivity index (χ3n) is 5.07. The van der Waals surface area contributed by atoms with E-state index >= 15 is 0 Å². The predicted octanol–water partition coefficient (Wildman–Crippen LogP) is 2.79. The molecular formula is C19H31NO3. The molecule has 1 saturated heterocycles. The molecule has 0 unspecified atom stereocenters. The minimum Gasteiger partial charge on any atom is -0.492 e. The van der Waals surface area contributed by atoms with Crippen molar-refractivity contribution in [1.29, 1.82) is 0 Å². The van der Waals surface area contributed by atoms with E-state index in [4.69, 9.17) is 9.47 Å². The highest BCUT2D eigenvalue weighted by Gasteiger charge is 2.34. The number of benzene rings is 1. The molecule has 130 valence electrons. The molecule has 2 rings (SSSR count). The molecule has 0 radical (unpaired) electrons. The summed E-state index contributed by atoms with van der Waals surface area (Å²) in [7, 11) is 1.73. The first-order valence-corrected chi connectivity index (χ1v) is 8.61. The molecule has 0 saturated carbocycles. The van der Waals surface area contributed by atoms with E-state index in [2.05, 4.69) is 30.9 Å². The minimum absolute atomic E-state index is 0.00525. The Morgan fingerprint density at radius 1 is 1.22 bits per heavy atom. The van der Waals surface area contributed by atoms with Crippen molar-refractivity contribution in [1.82, 2.24) is 4.90 Å². The molecule has 0 spiro atoms. The number of hydrogen-bond acceptors (Lipinski definition) is 4. The van der Waals surface area contributed by atoms with E-state index in [0.717, 1.165) is 44.6 Å². The first kappa shape index (κ1) is 18.2. The van der Waals surface area contributed by atoms with Crippen molar-refractivity contribution in [2.45, 2.75) is 33.1 Å². The Labute approximate surface area is 140 Å². The Hall–Kier alpha value is -1.10. The average Bonchev–Trinajstić information content (AvgIpc) is 2.56. The van der Waals surface area contributed by atoms with E-state index in [0.29, 0.717) is 13.2 Å². The van der Waals surface area contributed by atoms with Crippen LogP contribution in [-0.2, 0) is 4.74 Å². The maximum absolute atomic E-state index is 9.83. The average molecular weight is 321 g/mol. The van der Waals surface area contributed by atoms with Gasteiger partial charge in [-0.05, 0) is 62.9 Å². The van der Waals surface area contributed by atoms with E-state index in [1.165, 1.54) is 11.1 Å². The highest BCUT2D eigenvalue weighted by atomic mass is 16.5. The summed E-state index contributed by atoms with van der Waals surface area (Å²) in [5, 5.41) is 9.83. The van der Waals surface area contributed by atoms with Gasteiger partial charge < -0.3 is 14.6 Å². The topological polar surface area (TPSA) is 41.9 Å². The highest BCUT2D eigenvalue weighted by Crippen LogP contribution is 2.33. The molecule has 1 aromatic carbocycles. The summed E-state index contributed by atoms with van der Waals surface area (Å²) in [6, 6.07) is 6.24. The van der Waals surface area contributed by atoms with E-state index in [1.807, 2.05) is 6.07 Å². The monoisotopic (exact) mass is 321 g/mol. The van der Waals surface area contributed by atoms with Crippen molar-refractivity contribution in [3.05, 3.63) is 29.3 Å². The number of likely N-dealkylation sites (tertiary alicyclic amines) is 1. The van der Waals surface area contributed by atoms with Crippen molar-refractivity contribution < 1.29 is 14.6 Å². The molecule has 4 heteroatoms. The lowest BCUT2D eigenvalue weighted by Crippen LogP contribution is -2.47. The number of aliphatic hydroxyl groups excluding tert-OH is 1. The normalized spacial score (nSPS) is 22.3. The molecule has 1 atom stereocenters. The molecule has 23 heavy (non-hydrogen) atoms. The second-order valence-electron chi connectivity index (χ2n) is 6.88. The molecule has 1 aliphatic rings. The summed E-state index contributed by atoms with van der Waals surface area (Å²) in [6.45, 7) is 8.79. The smallest absolute Gasteiger partial charge is 0.119 e. The molecule has 1 aromatic rings. The van der Waals surface area contributed by atoms with Gasteiger partial charge in [0.15, 0.2) is 0 Å². The summed E-state index contributed by atoms with van der Waals surface area (Å²) in [5.74, 6) is 0.943. The van der Waals surface area contributed by atoms with Gasteiger partial charge in [-0.3, -0.25) is 4.90 Å². The van der Waals surface area contributed by atoms with E-state index in [1.54, 1.807) is 7.11 Å². The molecule has 0 amide bonds. The van der Waals surface area contributed by atoms with Gasteiger partial charge in [0, 0.05) is 32.2 Å². The summed E-state index contributed by atoms with van der Waals surface area (Å²) in [6.07, 6.45) is 3.14. The standard InChI is InChI=1S/C19H31NO3/c1-16-5-6-18(13-17(16)2)23-12-10-20-9-4-7-19(14-20,15-21)8-11-22-3/h5-6,13,21H,4,7-12,14-15H2,1-3H3/t19-/m0/s1. The lowest BCUT2D eigenvalue weighted by Gasteiger charge is -2.41. The molecular weight excluding hydrogens is 290 g/mol. The second-order valence-corrected chi connectivity index (χ2v) is 6.88. The fraction of sp³-hybridized carbons (Fsp3) is 0.684. The van der Waals surface area contributed by atoms with Gasteiger partial charge in [0.25, 0.3) is 0 Å². The Balaban J connectivity index is 1.81. The molecule has 1 N–H and O–H groups in total. The largest absolute Gasteiger partial charge is 0.492 e. The van der Waals surface area contributed by atoms with Gasteiger partial charge in [-0.2, -0.15) is 0 Å². The van der Waals surface area contributed by atoms with Crippen LogP contribution in [0.3, 0.4) is 0 Å². The Bertz CT molecular complexity index is 492. The number of rotatable bonds is 8. The second kappa shape index (κ2) is 8.67. The van der Waals surface area contributed by atoms with Crippen LogP contribution >= 0.6 is 0 Å². The van der Waals surface area contributed by atoms with Crippen LogP contribution in [0.1, 0.15) is 30.4 Å². The van der Waals surface area contributed by atoms with Crippen LogP contribution in [-0.4, -0.2) is 56.6 Å². The van der Waals surface area contributed by atoms with Gasteiger partial charge in [-0.15, -0.1) is 0 Å². The summed E-state index contributed by atoms with van der Waals surface area (Å²) >= 11 is 0. The van der Waals surface area contributed by atoms with Crippen LogP contribution < -0.4 is 4.74 Å². The molecule has 4 nitrogen and oxygen atoms in total. The minimum atomic E-state index is -0.00525. The number of aryl methyl sites for hydroxylation is 2. The number of piperidine rings is 1. The van der Waals surface area contributed by atoms with Gasteiger partial charge in [-0.1, -0.05) is 6.07 Å². The van der Waals surface area contributed by atoms with E-state index in [-0.39, 0.29) is 12.0 Å². The Kier molecular flexibility index (Phi) is 6.88.